The molecule has 0 amide bonds. The van der Waals surface area contributed by atoms with Gasteiger partial charge in [0.05, 0.1) is 0 Å². The number of fused-ring (bicyclic) bond motifs is 1. The van der Waals surface area contributed by atoms with Crippen LogP contribution in [-0.2, 0) is 13.0 Å². The number of halogens is 2. The SMILES string of the molecule is CN=C(NCCCc1c[nH]c2ccccc12)NCc1cccc(F)c1.I. The number of hydrogen-bond acceptors (Lipinski definition) is 1. The number of nitrogens with zero attached hydrogens (tertiary/aromatic N) is 1. The van der Waals surface area contributed by atoms with Crippen molar-refractivity contribution in [2.45, 2.75) is 19.4 Å². The molecule has 0 saturated carbocycles. The average molecular weight is 466 g/mol. The normalized spacial score (nSPS) is 11.2. The maximum atomic E-state index is 13.2. The van der Waals surface area contributed by atoms with E-state index in [-0.39, 0.29) is 29.8 Å². The molecule has 1 heterocycles. The first-order chi connectivity index (χ1) is 12.3. The lowest BCUT2D eigenvalue weighted by Gasteiger charge is -2.12. The topological polar surface area (TPSA) is 52.2 Å². The molecule has 0 unspecified atom stereocenters. The summed E-state index contributed by atoms with van der Waals surface area (Å²) in [6.45, 7) is 1.36. The lowest BCUT2D eigenvalue weighted by atomic mass is 10.1. The van der Waals surface area contributed by atoms with Crippen LogP contribution >= 0.6 is 24.0 Å². The van der Waals surface area contributed by atoms with Gasteiger partial charge in [0.25, 0.3) is 0 Å². The van der Waals surface area contributed by atoms with Crippen molar-refractivity contribution < 1.29 is 4.39 Å². The maximum Gasteiger partial charge on any atom is 0.191 e. The summed E-state index contributed by atoms with van der Waals surface area (Å²) in [6, 6.07) is 14.9. The quantitative estimate of drug-likeness (QED) is 0.221. The van der Waals surface area contributed by atoms with Gasteiger partial charge in [0.1, 0.15) is 5.82 Å². The highest BCUT2D eigenvalue weighted by Gasteiger charge is 2.03. The summed E-state index contributed by atoms with van der Waals surface area (Å²) < 4.78 is 13.2. The van der Waals surface area contributed by atoms with Crippen LogP contribution in [0.5, 0.6) is 0 Å². The van der Waals surface area contributed by atoms with Crippen LogP contribution in [-0.4, -0.2) is 24.5 Å². The number of benzene rings is 2. The standard InChI is InChI=1S/C20H23FN4.HI/c1-22-20(25-13-15-6-4-8-17(21)12-15)23-11-5-7-16-14-24-19-10-3-2-9-18(16)19;/h2-4,6,8-10,12,14,24H,5,7,11,13H2,1H3,(H2,22,23,25);1H. The first-order valence-electron chi connectivity index (χ1n) is 8.50. The number of rotatable bonds is 6. The van der Waals surface area contributed by atoms with E-state index in [1.165, 1.54) is 28.6 Å². The van der Waals surface area contributed by atoms with E-state index >= 15 is 0 Å². The molecule has 3 rings (SSSR count). The van der Waals surface area contributed by atoms with E-state index in [1.807, 2.05) is 12.1 Å². The van der Waals surface area contributed by atoms with Gasteiger partial charge in [-0.3, -0.25) is 4.99 Å². The van der Waals surface area contributed by atoms with E-state index in [2.05, 4.69) is 45.0 Å². The van der Waals surface area contributed by atoms with Gasteiger partial charge in [-0.05, 0) is 42.2 Å². The molecule has 0 aliphatic rings. The van der Waals surface area contributed by atoms with E-state index in [1.54, 1.807) is 13.1 Å². The number of aromatic amines is 1. The van der Waals surface area contributed by atoms with Crippen molar-refractivity contribution in [3.05, 3.63) is 71.7 Å². The van der Waals surface area contributed by atoms with Crippen molar-refractivity contribution in [2.24, 2.45) is 4.99 Å². The van der Waals surface area contributed by atoms with Gasteiger partial charge in [0.15, 0.2) is 5.96 Å². The molecule has 0 radical (unpaired) electrons. The molecular formula is C20H24FIN4. The highest BCUT2D eigenvalue weighted by molar-refractivity contribution is 14.0. The number of para-hydroxylation sites is 1. The van der Waals surface area contributed by atoms with Crippen LogP contribution in [0.25, 0.3) is 10.9 Å². The van der Waals surface area contributed by atoms with Gasteiger partial charge < -0.3 is 15.6 Å². The van der Waals surface area contributed by atoms with Gasteiger partial charge >= 0.3 is 0 Å². The summed E-state index contributed by atoms with van der Waals surface area (Å²) in [5, 5.41) is 7.79. The van der Waals surface area contributed by atoms with Crippen LogP contribution < -0.4 is 10.6 Å². The van der Waals surface area contributed by atoms with Gasteiger partial charge in [-0.2, -0.15) is 0 Å². The number of aliphatic imine (C=N–C) groups is 1. The van der Waals surface area contributed by atoms with E-state index < -0.39 is 0 Å². The number of guanidine groups is 1. The van der Waals surface area contributed by atoms with E-state index in [0.717, 1.165) is 30.9 Å². The Bertz CT molecular complexity index is 860. The highest BCUT2D eigenvalue weighted by atomic mass is 127. The Kier molecular flexibility index (Phi) is 7.90. The van der Waals surface area contributed by atoms with Gasteiger partial charge in [-0.1, -0.05) is 30.3 Å². The third-order valence-corrected chi connectivity index (χ3v) is 4.16. The highest BCUT2D eigenvalue weighted by Crippen LogP contribution is 2.18. The van der Waals surface area contributed by atoms with Crippen molar-refractivity contribution in [1.82, 2.24) is 15.6 Å². The average Bonchev–Trinajstić information content (AvgIpc) is 3.04. The molecule has 6 heteroatoms. The van der Waals surface area contributed by atoms with E-state index in [9.17, 15) is 4.39 Å². The molecule has 3 N–H and O–H groups in total. The van der Waals surface area contributed by atoms with Crippen molar-refractivity contribution in [2.75, 3.05) is 13.6 Å². The van der Waals surface area contributed by atoms with Crippen LogP contribution in [0.4, 0.5) is 4.39 Å². The van der Waals surface area contributed by atoms with Crippen molar-refractivity contribution in [3.8, 4) is 0 Å². The third kappa shape index (κ3) is 5.45. The lowest BCUT2D eigenvalue weighted by Crippen LogP contribution is -2.37. The van der Waals surface area contributed by atoms with Gasteiger partial charge in [0, 0.05) is 37.2 Å². The molecule has 138 valence electrons. The molecule has 0 fully saturated rings. The summed E-state index contributed by atoms with van der Waals surface area (Å²) in [5.41, 5.74) is 3.40. The zero-order chi connectivity index (χ0) is 17.5. The fourth-order valence-electron chi connectivity index (χ4n) is 2.88. The predicted octanol–water partition coefficient (Wildman–Crippen LogP) is 4.22. The summed E-state index contributed by atoms with van der Waals surface area (Å²) in [7, 11) is 1.74. The zero-order valence-corrected chi connectivity index (χ0v) is 17.1. The second kappa shape index (κ2) is 10.2. The molecule has 0 aliphatic carbocycles. The minimum absolute atomic E-state index is 0. The molecule has 2 aromatic carbocycles. The number of H-pyrrole nitrogens is 1. The number of hydrogen-bond donors (Lipinski definition) is 3. The minimum Gasteiger partial charge on any atom is -0.361 e. The van der Waals surface area contributed by atoms with Crippen LogP contribution in [0, 0.1) is 5.82 Å². The second-order valence-electron chi connectivity index (χ2n) is 5.95. The Morgan fingerprint density at radius 2 is 1.96 bits per heavy atom. The zero-order valence-electron chi connectivity index (χ0n) is 14.8. The van der Waals surface area contributed by atoms with Gasteiger partial charge in [-0.15, -0.1) is 24.0 Å². The molecule has 4 nitrogen and oxygen atoms in total. The van der Waals surface area contributed by atoms with Crippen molar-refractivity contribution in [3.63, 3.8) is 0 Å². The third-order valence-electron chi connectivity index (χ3n) is 4.16. The Morgan fingerprint density at radius 3 is 2.77 bits per heavy atom. The van der Waals surface area contributed by atoms with Crippen LogP contribution in [0.3, 0.4) is 0 Å². The Labute approximate surface area is 170 Å². The fourth-order valence-corrected chi connectivity index (χ4v) is 2.88. The summed E-state index contributed by atoms with van der Waals surface area (Å²) in [6.07, 6.45) is 4.09. The van der Waals surface area contributed by atoms with Gasteiger partial charge in [-0.25, -0.2) is 4.39 Å². The summed E-state index contributed by atoms with van der Waals surface area (Å²) in [4.78, 5) is 7.51. The molecule has 0 aliphatic heterocycles. The molecule has 0 atom stereocenters. The van der Waals surface area contributed by atoms with Crippen molar-refractivity contribution in [1.29, 1.82) is 0 Å². The Morgan fingerprint density at radius 1 is 1.12 bits per heavy atom. The Balaban J connectivity index is 0.00000243. The first-order valence-corrected chi connectivity index (χ1v) is 8.50. The van der Waals surface area contributed by atoms with Crippen LogP contribution in [0.15, 0.2) is 59.7 Å². The fraction of sp³-hybridized carbons (Fsp3) is 0.250. The maximum absolute atomic E-state index is 13.2. The molecule has 0 saturated heterocycles. The predicted molar refractivity (Wildman–Crippen MR) is 117 cm³/mol. The van der Waals surface area contributed by atoms with E-state index in [4.69, 9.17) is 0 Å². The second-order valence-corrected chi connectivity index (χ2v) is 5.95. The smallest absolute Gasteiger partial charge is 0.191 e. The molecule has 1 aromatic heterocycles. The van der Waals surface area contributed by atoms with Crippen molar-refractivity contribution >= 4 is 40.8 Å². The number of aromatic nitrogens is 1. The number of nitrogens with one attached hydrogen (secondary N) is 3. The Hall–Kier alpha value is -2.09. The van der Waals surface area contributed by atoms with E-state index in [0.29, 0.717) is 6.54 Å². The molecule has 0 bridgehead atoms. The lowest BCUT2D eigenvalue weighted by molar-refractivity contribution is 0.624. The first kappa shape index (κ1) is 20.2. The summed E-state index contributed by atoms with van der Waals surface area (Å²) in [5.74, 6) is 0.504. The largest absolute Gasteiger partial charge is 0.361 e. The molecule has 0 spiro atoms. The molecule has 26 heavy (non-hydrogen) atoms. The number of aryl methyl sites for hydroxylation is 1. The summed E-state index contributed by atoms with van der Waals surface area (Å²) >= 11 is 0. The minimum atomic E-state index is -0.221. The van der Waals surface area contributed by atoms with Gasteiger partial charge in [0.2, 0.25) is 0 Å². The molecular weight excluding hydrogens is 442 g/mol. The van der Waals surface area contributed by atoms with Crippen LogP contribution in [0.2, 0.25) is 0 Å². The monoisotopic (exact) mass is 466 g/mol. The molecule has 3 aromatic rings. The van der Waals surface area contributed by atoms with Crippen LogP contribution in [0.1, 0.15) is 17.5 Å².